The van der Waals surface area contributed by atoms with Crippen LogP contribution in [0.25, 0.3) is 0 Å². The number of hydrogen-bond acceptors (Lipinski definition) is 5. The molecule has 0 bridgehead atoms. The third-order valence-electron chi connectivity index (χ3n) is 5.11. The lowest BCUT2D eigenvalue weighted by molar-refractivity contribution is -0.221. The van der Waals surface area contributed by atoms with Crippen LogP contribution in [0.5, 0.6) is 0 Å². The van der Waals surface area contributed by atoms with Crippen molar-refractivity contribution in [2.45, 2.75) is 50.4 Å². The Labute approximate surface area is 140 Å². The zero-order valence-electron chi connectivity index (χ0n) is 14.0. The van der Waals surface area contributed by atoms with Gasteiger partial charge in [-0.25, -0.2) is 0 Å². The van der Waals surface area contributed by atoms with Gasteiger partial charge in [0.2, 0.25) is 0 Å². The van der Waals surface area contributed by atoms with Crippen LogP contribution in [0.4, 0.5) is 0 Å². The number of aromatic nitrogens is 1. The highest BCUT2D eigenvalue weighted by Crippen LogP contribution is 2.39. The van der Waals surface area contributed by atoms with Crippen LogP contribution in [0.1, 0.15) is 42.4 Å². The number of carbonyl (C=O) groups excluding carboxylic acids is 1. The topological polar surface area (TPSA) is 103 Å². The van der Waals surface area contributed by atoms with Crippen LogP contribution >= 0.6 is 0 Å². The Kier molecular flexibility index (Phi) is 4.27. The third kappa shape index (κ3) is 3.24. The molecule has 2 fully saturated rings. The molecule has 2 saturated heterocycles. The third-order valence-corrected chi connectivity index (χ3v) is 5.11. The van der Waals surface area contributed by atoms with Crippen LogP contribution in [0, 0.1) is 6.92 Å². The number of aliphatic hydroxyl groups excluding tert-OH is 1. The van der Waals surface area contributed by atoms with Gasteiger partial charge in [-0.3, -0.25) is 9.59 Å². The van der Waals surface area contributed by atoms with Gasteiger partial charge in [0.1, 0.15) is 11.8 Å². The number of piperidine rings is 1. The number of pyridine rings is 1. The van der Waals surface area contributed by atoms with E-state index in [0.29, 0.717) is 43.7 Å². The second-order valence-corrected chi connectivity index (χ2v) is 7.25. The maximum absolute atomic E-state index is 12.6. The molecule has 0 saturated carbocycles. The fourth-order valence-corrected chi connectivity index (χ4v) is 3.66. The number of H-pyrrole nitrogens is 1. The quantitative estimate of drug-likeness (QED) is 0.679. The summed E-state index contributed by atoms with van der Waals surface area (Å²) in [6.07, 6.45) is 0.653. The minimum Gasteiger partial charge on any atom is -0.388 e. The first-order valence-electron chi connectivity index (χ1n) is 8.25. The van der Waals surface area contributed by atoms with E-state index in [1.807, 2.05) is 0 Å². The number of likely N-dealkylation sites (tertiary alicyclic amines) is 1. The SMILES string of the molecule is Cc1cc(=O)cc(C(=O)N2CCC3(CC2)C[C@](C)(O)[C@@H](O)CO3)[nH]1. The molecule has 1 spiro atoms. The summed E-state index contributed by atoms with van der Waals surface area (Å²) >= 11 is 0. The zero-order valence-corrected chi connectivity index (χ0v) is 14.0. The number of aromatic amines is 1. The molecule has 2 aliphatic heterocycles. The van der Waals surface area contributed by atoms with Crippen molar-refractivity contribution < 1.29 is 19.7 Å². The Hall–Kier alpha value is -1.70. The van der Waals surface area contributed by atoms with E-state index in [-0.39, 0.29) is 17.9 Å². The van der Waals surface area contributed by atoms with Crippen molar-refractivity contribution in [3.63, 3.8) is 0 Å². The lowest BCUT2D eigenvalue weighted by Gasteiger charge is -2.49. The van der Waals surface area contributed by atoms with Gasteiger partial charge >= 0.3 is 0 Å². The fraction of sp³-hybridized carbons (Fsp3) is 0.647. The molecule has 3 heterocycles. The van der Waals surface area contributed by atoms with E-state index in [0.717, 1.165) is 0 Å². The predicted molar refractivity (Wildman–Crippen MR) is 86.9 cm³/mol. The molecule has 1 amide bonds. The molecular formula is C17H24N2O5. The maximum Gasteiger partial charge on any atom is 0.270 e. The van der Waals surface area contributed by atoms with Crippen molar-refractivity contribution in [3.05, 3.63) is 33.7 Å². The number of nitrogens with one attached hydrogen (secondary N) is 1. The van der Waals surface area contributed by atoms with Crippen LogP contribution in [0.3, 0.4) is 0 Å². The zero-order chi connectivity index (χ0) is 17.5. The molecule has 0 aliphatic carbocycles. The van der Waals surface area contributed by atoms with Gasteiger partial charge in [-0.05, 0) is 26.7 Å². The van der Waals surface area contributed by atoms with Crippen molar-refractivity contribution in [3.8, 4) is 0 Å². The van der Waals surface area contributed by atoms with E-state index in [4.69, 9.17) is 4.74 Å². The number of carbonyl (C=O) groups is 1. The highest BCUT2D eigenvalue weighted by molar-refractivity contribution is 5.92. The molecule has 7 heteroatoms. The summed E-state index contributed by atoms with van der Waals surface area (Å²) in [6.45, 7) is 4.44. The molecule has 3 rings (SSSR count). The molecule has 2 atom stereocenters. The Bertz CT molecular complexity index is 688. The second kappa shape index (κ2) is 5.98. The number of rotatable bonds is 1. The molecule has 1 aromatic heterocycles. The molecule has 0 aromatic carbocycles. The summed E-state index contributed by atoms with van der Waals surface area (Å²) in [5, 5.41) is 20.1. The fourth-order valence-electron chi connectivity index (χ4n) is 3.66. The summed E-state index contributed by atoms with van der Waals surface area (Å²) in [5.74, 6) is -0.201. The van der Waals surface area contributed by atoms with Crippen LogP contribution in [-0.4, -0.2) is 63.0 Å². The second-order valence-electron chi connectivity index (χ2n) is 7.25. The van der Waals surface area contributed by atoms with Crippen LogP contribution in [0.15, 0.2) is 16.9 Å². The lowest BCUT2D eigenvalue weighted by atomic mass is 9.76. The van der Waals surface area contributed by atoms with Gasteiger partial charge in [0.15, 0.2) is 5.43 Å². The number of amides is 1. The van der Waals surface area contributed by atoms with Crippen LogP contribution in [0.2, 0.25) is 0 Å². The van der Waals surface area contributed by atoms with E-state index in [1.165, 1.54) is 12.1 Å². The largest absolute Gasteiger partial charge is 0.388 e. The Morgan fingerprint density at radius 3 is 2.62 bits per heavy atom. The molecule has 2 aliphatic rings. The Morgan fingerprint density at radius 2 is 2.04 bits per heavy atom. The minimum absolute atomic E-state index is 0.103. The van der Waals surface area contributed by atoms with Gasteiger partial charge in [-0.15, -0.1) is 0 Å². The average Bonchev–Trinajstić information content (AvgIpc) is 2.50. The molecule has 0 unspecified atom stereocenters. The summed E-state index contributed by atoms with van der Waals surface area (Å²) in [5.41, 5.74) is -0.919. The van der Waals surface area contributed by atoms with Gasteiger partial charge in [0.25, 0.3) is 5.91 Å². The van der Waals surface area contributed by atoms with Crippen molar-refractivity contribution in [1.29, 1.82) is 0 Å². The van der Waals surface area contributed by atoms with Gasteiger partial charge in [-0.2, -0.15) is 0 Å². The Morgan fingerprint density at radius 1 is 1.38 bits per heavy atom. The van der Waals surface area contributed by atoms with E-state index < -0.39 is 17.3 Å². The number of aliphatic hydroxyl groups is 2. The van der Waals surface area contributed by atoms with Gasteiger partial charge in [0, 0.05) is 37.3 Å². The first kappa shape index (κ1) is 17.1. The number of hydrogen-bond donors (Lipinski definition) is 3. The van der Waals surface area contributed by atoms with Crippen LogP contribution in [-0.2, 0) is 4.74 Å². The summed E-state index contributed by atoms with van der Waals surface area (Å²) in [4.78, 5) is 28.8. The Balaban J connectivity index is 1.69. The highest BCUT2D eigenvalue weighted by Gasteiger charge is 2.49. The summed E-state index contributed by atoms with van der Waals surface area (Å²) in [6, 6.07) is 2.77. The standard InChI is InChI=1S/C17H24N2O5/c1-11-7-12(20)8-13(18-11)15(22)19-5-3-17(4-6-19)10-16(2,23)14(21)9-24-17/h7-8,14,21,23H,3-6,9-10H2,1-2H3,(H,18,20)/t14-,16-/m0/s1. The van der Waals surface area contributed by atoms with Gasteiger partial charge < -0.3 is 24.8 Å². The molecule has 24 heavy (non-hydrogen) atoms. The van der Waals surface area contributed by atoms with Gasteiger partial charge in [-0.1, -0.05) is 0 Å². The van der Waals surface area contributed by atoms with Crippen molar-refractivity contribution >= 4 is 5.91 Å². The van der Waals surface area contributed by atoms with Crippen molar-refractivity contribution in [2.75, 3.05) is 19.7 Å². The molecule has 3 N–H and O–H groups in total. The van der Waals surface area contributed by atoms with Crippen LogP contribution < -0.4 is 5.43 Å². The average molecular weight is 336 g/mol. The van der Waals surface area contributed by atoms with E-state index in [1.54, 1.807) is 18.7 Å². The molecule has 7 nitrogen and oxygen atoms in total. The molecule has 0 radical (unpaired) electrons. The normalized spacial score (nSPS) is 29.7. The van der Waals surface area contributed by atoms with Crippen molar-refractivity contribution in [1.82, 2.24) is 9.88 Å². The van der Waals surface area contributed by atoms with E-state index in [9.17, 15) is 19.8 Å². The number of ether oxygens (including phenoxy) is 1. The smallest absolute Gasteiger partial charge is 0.270 e. The van der Waals surface area contributed by atoms with Crippen molar-refractivity contribution in [2.24, 2.45) is 0 Å². The minimum atomic E-state index is -1.17. The summed E-state index contributed by atoms with van der Waals surface area (Å²) in [7, 11) is 0. The number of nitrogens with zero attached hydrogens (tertiary/aromatic N) is 1. The van der Waals surface area contributed by atoms with E-state index >= 15 is 0 Å². The predicted octanol–water partition coefficient (Wildman–Crippen LogP) is 0.190. The monoisotopic (exact) mass is 336 g/mol. The molecule has 1 aromatic rings. The molecule has 132 valence electrons. The maximum atomic E-state index is 12.6. The first-order valence-corrected chi connectivity index (χ1v) is 8.25. The lowest BCUT2D eigenvalue weighted by Crippen LogP contribution is -2.59. The highest BCUT2D eigenvalue weighted by atomic mass is 16.5. The molecular weight excluding hydrogens is 312 g/mol. The first-order chi connectivity index (χ1) is 11.2. The van der Waals surface area contributed by atoms with Gasteiger partial charge in [0.05, 0.1) is 17.8 Å². The summed E-state index contributed by atoms with van der Waals surface area (Å²) < 4.78 is 5.82. The number of aryl methyl sites for hydroxylation is 1. The van der Waals surface area contributed by atoms with E-state index in [2.05, 4.69) is 4.98 Å².